The zero-order valence-electron chi connectivity index (χ0n) is 29.6. The highest BCUT2D eigenvalue weighted by molar-refractivity contribution is 7.22. The number of aromatic nitrogens is 3. The lowest BCUT2D eigenvalue weighted by molar-refractivity contribution is 1.08. The normalized spacial score (nSPS) is 11.6. The van der Waals surface area contributed by atoms with Gasteiger partial charge in [-0.1, -0.05) is 158 Å². The Morgan fingerprint density at radius 1 is 0.309 bits per heavy atom. The first-order valence-corrected chi connectivity index (χ1v) is 19.3. The van der Waals surface area contributed by atoms with Crippen molar-refractivity contribution in [3.63, 3.8) is 0 Å². The third-order valence-electron chi connectivity index (χ3n) is 10.7. The highest BCUT2D eigenvalue weighted by Gasteiger charge is 2.19. The summed E-state index contributed by atoms with van der Waals surface area (Å²) in [5.74, 6) is 1.94. The summed E-state index contributed by atoms with van der Waals surface area (Å²) in [7, 11) is 0. The maximum atomic E-state index is 5.24. The quantitative estimate of drug-likeness (QED) is 0.131. The number of rotatable bonds is 5. The highest BCUT2D eigenvalue weighted by atomic mass is 32.1. The Hall–Kier alpha value is -7.01. The lowest BCUT2D eigenvalue weighted by atomic mass is 9.87. The smallest absolute Gasteiger partial charge is 0.164 e. The Kier molecular flexibility index (Phi) is 7.35. The minimum absolute atomic E-state index is 0.645. The molecule has 3 nitrogen and oxygen atoms in total. The second-order valence-electron chi connectivity index (χ2n) is 14.0. The molecule has 0 radical (unpaired) electrons. The van der Waals surface area contributed by atoms with Gasteiger partial charge in [-0.25, -0.2) is 15.0 Å². The van der Waals surface area contributed by atoms with Gasteiger partial charge in [0, 0.05) is 26.3 Å². The van der Waals surface area contributed by atoms with Crippen LogP contribution in [0.3, 0.4) is 0 Å². The number of hydrogen-bond acceptors (Lipinski definition) is 4. The number of fused-ring (bicyclic) bond motifs is 6. The van der Waals surface area contributed by atoms with Crippen LogP contribution in [0.5, 0.6) is 0 Å². The number of thiophene rings is 1. The molecule has 0 aliphatic heterocycles. The van der Waals surface area contributed by atoms with Gasteiger partial charge in [0.1, 0.15) is 0 Å². The molecule has 0 unspecified atom stereocenters. The van der Waals surface area contributed by atoms with Crippen LogP contribution in [0, 0.1) is 0 Å². The van der Waals surface area contributed by atoms with Crippen LogP contribution >= 0.6 is 11.3 Å². The maximum absolute atomic E-state index is 5.24. The average molecular weight is 718 g/mol. The number of nitrogens with zero attached hydrogens (tertiary/aromatic N) is 3. The largest absolute Gasteiger partial charge is 0.208 e. The van der Waals surface area contributed by atoms with Crippen LogP contribution in [0.15, 0.2) is 188 Å². The van der Waals surface area contributed by atoms with E-state index in [1.807, 2.05) is 18.2 Å². The molecule has 0 bridgehead atoms. The van der Waals surface area contributed by atoms with Gasteiger partial charge in [0.2, 0.25) is 0 Å². The second kappa shape index (κ2) is 12.8. The van der Waals surface area contributed by atoms with Crippen molar-refractivity contribution in [2.75, 3.05) is 0 Å². The molecule has 55 heavy (non-hydrogen) atoms. The van der Waals surface area contributed by atoms with Crippen molar-refractivity contribution in [1.29, 1.82) is 0 Å². The molecule has 0 N–H and O–H groups in total. The van der Waals surface area contributed by atoms with E-state index in [1.54, 1.807) is 11.3 Å². The zero-order chi connectivity index (χ0) is 36.3. The molecule has 0 amide bonds. The first-order chi connectivity index (χ1) is 27.2. The summed E-state index contributed by atoms with van der Waals surface area (Å²) < 4.78 is 1.27. The van der Waals surface area contributed by atoms with Gasteiger partial charge in [-0.15, -0.1) is 11.3 Å². The van der Waals surface area contributed by atoms with E-state index in [0.717, 1.165) is 33.0 Å². The summed E-state index contributed by atoms with van der Waals surface area (Å²) in [5.41, 5.74) is 6.43. The molecule has 0 fully saturated rings. The van der Waals surface area contributed by atoms with Gasteiger partial charge < -0.3 is 0 Å². The fourth-order valence-corrected chi connectivity index (χ4v) is 9.16. The van der Waals surface area contributed by atoms with E-state index < -0.39 is 0 Å². The van der Waals surface area contributed by atoms with Crippen molar-refractivity contribution in [1.82, 2.24) is 15.0 Å². The van der Waals surface area contributed by atoms with Crippen LogP contribution < -0.4 is 0 Å². The van der Waals surface area contributed by atoms with E-state index in [9.17, 15) is 0 Å². The molecular formula is C51H31N3S. The van der Waals surface area contributed by atoms with Crippen LogP contribution in [0.4, 0.5) is 0 Å². The summed E-state index contributed by atoms with van der Waals surface area (Å²) >= 11 is 1.80. The van der Waals surface area contributed by atoms with Crippen molar-refractivity contribution in [2.24, 2.45) is 0 Å². The van der Waals surface area contributed by atoms with E-state index in [-0.39, 0.29) is 0 Å². The molecule has 0 saturated heterocycles. The lowest BCUT2D eigenvalue weighted by Gasteiger charge is -2.17. The summed E-state index contributed by atoms with van der Waals surface area (Å²) in [5, 5.41) is 11.0. The molecule has 11 rings (SSSR count). The Morgan fingerprint density at radius 3 is 1.73 bits per heavy atom. The third-order valence-corrected chi connectivity index (χ3v) is 11.9. The molecule has 0 atom stereocenters. The first-order valence-electron chi connectivity index (χ1n) is 18.5. The molecule has 0 spiro atoms. The van der Waals surface area contributed by atoms with E-state index in [0.29, 0.717) is 17.5 Å². The average Bonchev–Trinajstić information content (AvgIpc) is 3.70. The molecule has 2 heterocycles. The van der Waals surface area contributed by atoms with Crippen LogP contribution in [0.1, 0.15) is 0 Å². The van der Waals surface area contributed by atoms with Crippen LogP contribution in [-0.2, 0) is 0 Å². The monoisotopic (exact) mass is 717 g/mol. The molecule has 11 aromatic rings. The molecule has 0 saturated carbocycles. The van der Waals surface area contributed by atoms with Crippen LogP contribution in [0.2, 0.25) is 0 Å². The Bertz CT molecular complexity index is 3240. The summed E-state index contributed by atoms with van der Waals surface area (Å²) in [6, 6.07) is 67.0. The molecule has 9 aromatic carbocycles. The van der Waals surface area contributed by atoms with Gasteiger partial charge in [-0.3, -0.25) is 0 Å². The molecule has 0 aliphatic carbocycles. The van der Waals surface area contributed by atoms with Crippen molar-refractivity contribution in [3.05, 3.63) is 188 Å². The minimum atomic E-state index is 0.645. The Labute approximate surface area is 321 Å². The molecule has 2 aromatic heterocycles. The van der Waals surface area contributed by atoms with Crippen molar-refractivity contribution < 1.29 is 0 Å². The fraction of sp³-hybridized carbons (Fsp3) is 0. The first kappa shape index (κ1) is 31.5. The molecular weight excluding hydrogens is 687 g/mol. The van der Waals surface area contributed by atoms with E-state index in [4.69, 9.17) is 15.0 Å². The van der Waals surface area contributed by atoms with Crippen molar-refractivity contribution in [2.45, 2.75) is 0 Å². The van der Waals surface area contributed by atoms with Gasteiger partial charge in [0.15, 0.2) is 17.5 Å². The van der Waals surface area contributed by atoms with Gasteiger partial charge in [-0.05, 0) is 95.5 Å². The molecule has 0 aliphatic rings. The predicted molar refractivity (Wildman–Crippen MR) is 232 cm³/mol. The lowest BCUT2D eigenvalue weighted by Crippen LogP contribution is -2.01. The van der Waals surface area contributed by atoms with E-state index in [1.165, 1.54) is 58.4 Å². The SMILES string of the molecule is c1ccc(-c2nc(-c3cccc(-c4cc5ccccc5s4)c3)nc(-c3ccc(-c4c5ccccc5cc5c4ccc4ccccc45)c4ccccc34)n2)cc1. The van der Waals surface area contributed by atoms with E-state index in [2.05, 4.69) is 170 Å². The van der Waals surface area contributed by atoms with Crippen LogP contribution in [0.25, 0.3) is 109 Å². The van der Waals surface area contributed by atoms with Crippen LogP contribution in [-0.4, -0.2) is 15.0 Å². The molecule has 4 heteroatoms. The van der Waals surface area contributed by atoms with E-state index >= 15 is 0 Å². The summed E-state index contributed by atoms with van der Waals surface area (Å²) in [4.78, 5) is 16.7. The van der Waals surface area contributed by atoms with Gasteiger partial charge >= 0.3 is 0 Å². The topological polar surface area (TPSA) is 38.7 Å². The second-order valence-corrected chi connectivity index (χ2v) is 15.0. The zero-order valence-corrected chi connectivity index (χ0v) is 30.5. The van der Waals surface area contributed by atoms with Crippen molar-refractivity contribution in [3.8, 4) is 55.7 Å². The number of hydrogen-bond donors (Lipinski definition) is 0. The minimum Gasteiger partial charge on any atom is -0.208 e. The predicted octanol–water partition coefficient (Wildman–Crippen LogP) is 14.0. The number of benzene rings is 9. The van der Waals surface area contributed by atoms with Gasteiger partial charge in [0.25, 0.3) is 0 Å². The Morgan fingerprint density at radius 2 is 0.909 bits per heavy atom. The Balaban J connectivity index is 1.13. The summed E-state index contributed by atoms with van der Waals surface area (Å²) in [6.45, 7) is 0. The standard InChI is InChI=1S/C51H31N3S/c1-2-14-33(15-3-1)49-52-50(37-19-12-18-35(29-37)47-31-36-17-6-11-24-46(36)55-47)54-51(53-49)44-28-27-42(40-22-9-10-23-41(40)44)48-39-21-8-5-16-34(39)30-45-38-20-7-4-13-32(38)25-26-43(45)48/h1-31H. The maximum Gasteiger partial charge on any atom is 0.164 e. The van der Waals surface area contributed by atoms with Gasteiger partial charge in [0.05, 0.1) is 0 Å². The fourth-order valence-electron chi connectivity index (χ4n) is 8.10. The van der Waals surface area contributed by atoms with Crippen molar-refractivity contribution >= 4 is 64.5 Å². The highest BCUT2D eigenvalue weighted by Crippen LogP contribution is 2.44. The summed E-state index contributed by atoms with van der Waals surface area (Å²) in [6.07, 6.45) is 0. The van der Waals surface area contributed by atoms with Gasteiger partial charge in [-0.2, -0.15) is 0 Å². The third kappa shape index (κ3) is 5.38. The molecule has 256 valence electrons.